The third kappa shape index (κ3) is 8.83. The molecule has 0 unspecified atom stereocenters. The minimum absolute atomic E-state index is 0.0624. The van der Waals surface area contributed by atoms with Crippen LogP contribution in [0.1, 0.15) is 34.6 Å². The standard InChI is InChI=1S/C26H26Br2N4O7S/c1-14-2-7-17(40-14)12-15-3-5-16(6-4-15)30-24(37)18(8-9-21(35)36)31-20(34)13-29-19(33)10-11-32-25(38)22(27)23(28)26(32)39/h2-7,18H,8-13H2,1H3,(H,29,33)(H,30,37)(H,31,34)(H,35,36)/t18-/m0/s1. The van der Waals surface area contributed by atoms with Gasteiger partial charge in [-0.25, -0.2) is 0 Å². The van der Waals surface area contributed by atoms with Crippen molar-refractivity contribution in [2.24, 2.45) is 0 Å². The van der Waals surface area contributed by atoms with Crippen LogP contribution in [0.25, 0.3) is 0 Å². The molecule has 5 amide bonds. The Morgan fingerprint density at radius 3 is 2.17 bits per heavy atom. The second-order valence-electron chi connectivity index (χ2n) is 8.84. The molecule has 0 aliphatic carbocycles. The zero-order chi connectivity index (χ0) is 29.4. The van der Waals surface area contributed by atoms with E-state index in [-0.39, 0.29) is 34.8 Å². The maximum absolute atomic E-state index is 12.9. The molecule has 11 nitrogen and oxygen atoms in total. The van der Waals surface area contributed by atoms with Crippen LogP contribution in [-0.4, -0.2) is 64.6 Å². The SMILES string of the molecule is Cc1ccc(Cc2ccc(NC(=O)[C@H](CCC(=O)O)NC(=O)CNC(=O)CCN3C(=O)C(Br)=C(Br)C3=O)cc2)s1. The number of halogens is 2. The number of benzene rings is 1. The molecular formula is C26H26Br2N4O7S. The van der Waals surface area contributed by atoms with Gasteiger partial charge in [0.1, 0.15) is 15.0 Å². The molecule has 0 fully saturated rings. The molecule has 14 heteroatoms. The molecular weight excluding hydrogens is 672 g/mol. The summed E-state index contributed by atoms with van der Waals surface area (Å²) in [5, 5.41) is 16.6. The highest BCUT2D eigenvalue weighted by molar-refractivity contribution is 9.14. The number of carboxylic acids is 1. The Balaban J connectivity index is 1.49. The fourth-order valence-corrected chi connectivity index (χ4v) is 5.39. The van der Waals surface area contributed by atoms with Gasteiger partial charge in [-0.3, -0.25) is 33.7 Å². The molecule has 1 aliphatic heterocycles. The Kier molecular flexibility index (Phi) is 11.2. The Labute approximate surface area is 250 Å². The van der Waals surface area contributed by atoms with Crippen LogP contribution in [0, 0.1) is 6.92 Å². The lowest BCUT2D eigenvalue weighted by Crippen LogP contribution is -2.48. The van der Waals surface area contributed by atoms with Crippen LogP contribution in [0.4, 0.5) is 5.69 Å². The van der Waals surface area contributed by atoms with Crippen molar-refractivity contribution in [1.82, 2.24) is 15.5 Å². The van der Waals surface area contributed by atoms with Gasteiger partial charge in [0.05, 0.1) is 6.54 Å². The van der Waals surface area contributed by atoms with Gasteiger partial charge in [0.15, 0.2) is 0 Å². The number of hydrogen-bond donors (Lipinski definition) is 4. The highest BCUT2D eigenvalue weighted by atomic mass is 79.9. The van der Waals surface area contributed by atoms with E-state index in [0.717, 1.165) is 16.9 Å². The zero-order valence-corrected chi connectivity index (χ0v) is 25.3. The molecule has 3 rings (SSSR count). The molecule has 1 aromatic carbocycles. The van der Waals surface area contributed by atoms with Gasteiger partial charge in [-0.2, -0.15) is 0 Å². The van der Waals surface area contributed by atoms with Gasteiger partial charge < -0.3 is 21.1 Å². The first-order valence-corrected chi connectivity index (χ1v) is 14.5. The molecule has 1 aromatic heterocycles. The van der Waals surface area contributed by atoms with Gasteiger partial charge >= 0.3 is 5.97 Å². The molecule has 4 N–H and O–H groups in total. The van der Waals surface area contributed by atoms with E-state index in [1.54, 1.807) is 23.5 Å². The minimum Gasteiger partial charge on any atom is -0.481 e. The summed E-state index contributed by atoms with van der Waals surface area (Å²) in [6.07, 6.45) is -0.00371. The fourth-order valence-electron chi connectivity index (χ4n) is 3.70. The van der Waals surface area contributed by atoms with Crippen molar-refractivity contribution in [3.05, 3.63) is 60.7 Å². The first kappa shape index (κ1) is 31.2. The lowest BCUT2D eigenvalue weighted by molar-refractivity contribution is -0.138. The average Bonchev–Trinajstić information content (AvgIpc) is 3.40. The molecule has 0 saturated carbocycles. The number of nitrogens with zero attached hydrogens (tertiary/aromatic N) is 1. The first-order chi connectivity index (χ1) is 18.9. The average molecular weight is 698 g/mol. The van der Waals surface area contributed by atoms with Crippen LogP contribution in [0.5, 0.6) is 0 Å². The Hall–Kier alpha value is -3.36. The normalized spacial score (nSPS) is 13.8. The summed E-state index contributed by atoms with van der Waals surface area (Å²) in [4.78, 5) is 75.9. The van der Waals surface area contributed by atoms with E-state index in [0.29, 0.717) is 5.69 Å². The van der Waals surface area contributed by atoms with E-state index in [2.05, 4.69) is 59.9 Å². The number of aryl methyl sites for hydroxylation is 1. The van der Waals surface area contributed by atoms with Gasteiger partial charge in [0.25, 0.3) is 11.8 Å². The van der Waals surface area contributed by atoms with E-state index in [1.807, 2.05) is 19.1 Å². The van der Waals surface area contributed by atoms with E-state index in [4.69, 9.17) is 5.11 Å². The van der Waals surface area contributed by atoms with E-state index in [1.165, 1.54) is 9.75 Å². The van der Waals surface area contributed by atoms with Crippen molar-refractivity contribution in [3.8, 4) is 0 Å². The molecule has 0 saturated heterocycles. The number of carbonyl (C=O) groups is 6. The van der Waals surface area contributed by atoms with Crippen molar-refractivity contribution in [3.63, 3.8) is 0 Å². The number of imide groups is 1. The maximum Gasteiger partial charge on any atom is 0.303 e. The number of amides is 5. The van der Waals surface area contributed by atoms with Crippen molar-refractivity contribution in [2.75, 3.05) is 18.4 Å². The number of thiophene rings is 1. The van der Waals surface area contributed by atoms with Crippen LogP contribution in [0.3, 0.4) is 0 Å². The second kappa shape index (κ2) is 14.3. The fraction of sp³-hybridized carbons (Fsp3) is 0.308. The van der Waals surface area contributed by atoms with Crippen LogP contribution in [0.15, 0.2) is 45.4 Å². The molecule has 1 aliphatic rings. The molecule has 0 radical (unpaired) electrons. The molecule has 2 heterocycles. The van der Waals surface area contributed by atoms with Crippen molar-refractivity contribution in [2.45, 2.75) is 38.6 Å². The first-order valence-electron chi connectivity index (χ1n) is 12.1. The lowest BCUT2D eigenvalue weighted by atomic mass is 10.1. The predicted octanol–water partition coefficient (Wildman–Crippen LogP) is 2.81. The number of rotatable bonds is 13. The molecule has 40 heavy (non-hydrogen) atoms. The zero-order valence-electron chi connectivity index (χ0n) is 21.3. The summed E-state index contributed by atoms with van der Waals surface area (Å²) >= 11 is 7.71. The number of hydrogen-bond acceptors (Lipinski definition) is 7. The topological polar surface area (TPSA) is 162 Å². The summed E-state index contributed by atoms with van der Waals surface area (Å²) in [6, 6.07) is 10.2. The highest BCUT2D eigenvalue weighted by Crippen LogP contribution is 2.29. The molecule has 2 aromatic rings. The number of aliphatic carboxylic acids is 1. The molecule has 1 atom stereocenters. The number of nitrogens with one attached hydrogen (secondary N) is 3. The predicted molar refractivity (Wildman–Crippen MR) is 155 cm³/mol. The Morgan fingerprint density at radius 1 is 0.950 bits per heavy atom. The summed E-state index contributed by atoms with van der Waals surface area (Å²) in [6.45, 7) is 1.36. The summed E-state index contributed by atoms with van der Waals surface area (Å²) < 4.78 is 0.125. The Bertz CT molecular complexity index is 1330. The van der Waals surface area contributed by atoms with Crippen LogP contribution < -0.4 is 16.0 Å². The van der Waals surface area contributed by atoms with Gasteiger partial charge in [-0.1, -0.05) is 12.1 Å². The minimum atomic E-state index is -1.16. The molecule has 212 valence electrons. The van der Waals surface area contributed by atoms with Gasteiger partial charge in [-0.05, 0) is 75.0 Å². The highest BCUT2D eigenvalue weighted by Gasteiger charge is 2.35. The number of carboxylic acid groups (broad SMARTS) is 1. The van der Waals surface area contributed by atoms with Crippen molar-refractivity contribution < 1.29 is 33.9 Å². The van der Waals surface area contributed by atoms with E-state index < -0.39 is 48.1 Å². The summed E-state index contributed by atoms with van der Waals surface area (Å²) in [7, 11) is 0. The molecule has 0 spiro atoms. The summed E-state index contributed by atoms with van der Waals surface area (Å²) in [5.41, 5.74) is 1.54. The van der Waals surface area contributed by atoms with Crippen molar-refractivity contribution >= 4 is 84.4 Å². The van der Waals surface area contributed by atoms with Crippen LogP contribution in [-0.2, 0) is 35.2 Å². The second-order valence-corrected chi connectivity index (χ2v) is 11.8. The smallest absolute Gasteiger partial charge is 0.303 e. The molecule has 0 bridgehead atoms. The summed E-state index contributed by atoms with van der Waals surface area (Å²) in [5.74, 6) is -4.20. The number of carbonyl (C=O) groups excluding carboxylic acids is 5. The van der Waals surface area contributed by atoms with Gasteiger partial charge in [0.2, 0.25) is 17.7 Å². The van der Waals surface area contributed by atoms with Crippen molar-refractivity contribution in [1.29, 1.82) is 0 Å². The number of anilines is 1. The Morgan fingerprint density at radius 2 is 1.60 bits per heavy atom. The van der Waals surface area contributed by atoms with E-state index in [9.17, 15) is 28.8 Å². The third-order valence-corrected chi connectivity index (χ3v) is 8.77. The van der Waals surface area contributed by atoms with Crippen LogP contribution >= 0.6 is 43.2 Å². The lowest BCUT2D eigenvalue weighted by Gasteiger charge is -2.18. The van der Waals surface area contributed by atoms with E-state index >= 15 is 0 Å². The quantitative estimate of drug-likeness (QED) is 0.234. The largest absolute Gasteiger partial charge is 0.481 e. The van der Waals surface area contributed by atoms with Crippen LogP contribution in [0.2, 0.25) is 0 Å². The monoisotopic (exact) mass is 696 g/mol. The van der Waals surface area contributed by atoms with Gasteiger partial charge in [0, 0.05) is 41.2 Å². The van der Waals surface area contributed by atoms with Gasteiger partial charge in [-0.15, -0.1) is 11.3 Å². The third-order valence-electron chi connectivity index (χ3n) is 5.76. The maximum atomic E-state index is 12.9.